The third-order valence-electron chi connectivity index (χ3n) is 6.00. The van der Waals surface area contributed by atoms with Crippen molar-refractivity contribution in [3.05, 3.63) is 23.9 Å². The van der Waals surface area contributed by atoms with Crippen molar-refractivity contribution in [3.8, 4) is 0 Å². The van der Waals surface area contributed by atoms with Crippen molar-refractivity contribution < 1.29 is 9.47 Å². The molecule has 3 heterocycles. The van der Waals surface area contributed by atoms with E-state index in [-0.39, 0.29) is 11.5 Å². The van der Waals surface area contributed by atoms with Crippen LogP contribution in [-0.2, 0) is 16.0 Å². The van der Waals surface area contributed by atoms with E-state index in [1.165, 1.54) is 12.0 Å². The summed E-state index contributed by atoms with van der Waals surface area (Å²) >= 11 is 0. The Morgan fingerprint density at radius 2 is 2.21 bits per heavy atom. The average molecular weight is 331 g/mol. The molecular formula is C19H29N3O2. The molecule has 0 spiro atoms. The summed E-state index contributed by atoms with van der Waals surface area (Å²) in [6.45, 7) is 11.2. The Labute approximate surface area is 144 Å². The normalized spacial score (nSPS) is 34.7. The van der Waals surface area contributed by atoms with Crippen LogP contribution in [0.15, 0.2) is 18.3 Å². The Morgan fingerprint density at radius 3 is 3.04 bits per heavy atom. The molecule has 1 aliphatic carbocycles. The molecule has 5 nitrogen and oxygen atoms in total. The highest BCUT2D eigenvalue weighted by Gasteiger charge is 2.58. The van der Waals surface area contributed by atoms with Gasteiger partial charge in [0.05, 0.1) is 18.8 Å². The molecule has 24 heavy (non-hydrogen) atoms. The first-order valence-corrected chi connectivity index (χ1v) is 9.22. The van der Waals surface area contributed by atoms with E-state index in [2.05, 4.69) is 48.1 Å². The third kappa shape index (κ3) is 2.83. The molecule has 2 saturated heterocycles. The lowest BCUT2D eigenvalue weighted by Gasteiger charge is -2.55. The highest BCUT2D eigenvalue weighted by Crippen LogP contribution is 2.52. The number of nitrogens with one attached hydrogen (secondary N) is 1. The Balaban J connectivity index is 1.39. The summed E-state index contributed by atoms with van der Waals surface area (Å²) < 4.78 is 11.5. The SMILES string of the molecule is C[C@@H]1CN(c2cc(CN[C@@H]3[C@H]4CCO[C@H]4C3(C)C)ccn2)CCO1. The third-order valence-corrected chi connectivity index (χ3v) is 6.00. The number of hydrogen-bond donors (Lipinski definition) is 1. The standard InChI is InChI=1S/C19H29N3O2/c1-13-12-22(7-9-23-13)16-10-14(4-6-20-16)11-21-17-15-5-8-24-18(15)19(17,2)3/h4,6,10,13,15,17-18,21H,5,7-9,11-12H2,1-3H3/t13-,15-,17-,18-/m1/s1. The fourth-order valence-corrected chi connectivity index (χ4v) is 4.74. The first-order valence-electron chi connectivity index (χ1n) is 9.22. The highest BCUT2D eigenvalue weighted by molar-refractivity contribution is 5.41. The summed E-state index contributed by atoms with van der Waals surface area (Å²) in [5.74, 6) is 1.75. The molecule has 1 N–H and O–H groups in total. The molecule has 4 rings (SSSR count). The summed E-state index contributed by atoms with van der Waals surface area (Å²) in [6, 6.07) is 4.89. The second kappa shape index (κ2) is 6.28. The van der Waals surface area contributed by atoms with Crippen LogP contribution in [-0.4, -0.2) is 49.5 Å². The second-order valence-corrected chi connectivity index (χ2v) is 8.07. The van der Waals surface area contributed by atoms with Gasteiger partial charge in [0, 0.05) is 49.8 Å². The molecule has 3 fully saturated rings. The van der Waals surface area contributed by atoms with Crippen molar-refractivity contribution in [1.29, 1.82) is 0 Å². The lowest BCUT2D eigenvalue weighted by Crippen LogP contribution is -2.65. The lowest BCUT2D eigenvalue weighted by atomic mass is 9.57. The highest BCUT2D eigenvalue weighted by atomic mass is 16.5. The van der Waals surface area contributed by atoms with E-state index < -0.39 is 0 Å². The molecule has 1 saturated carbocycles. The van der Waals surface area contributed by atoms with Crippen molar-refractivity contribution in [1.82, 2.24) is 10.3 Å². The predicted molar refractivity (Wildman–Crippen MR) is 94.1 cm³/mol. The number of pyridine rings is 1. The fourth-order valence-electron chi connectivity index (χ4n) is 4.74. The van der Waals surface area contributed by atoms with Gasteiger partial charge >= 0.3 is 0 Å². The number of ether oxygens (including phenoxy) is 2. The molecule has 0 radical (unpaired) electrons. The van der Waals surface area contributed by atoms with Gasteiger partial charge in [0.25, 0.3) is 0 Å². The van der Waals surface area contributed by atoms with Gasteiger partial charge in [0.1, 0.15) is 5.82 Å². The molecule has 0 aromatic carbocycles. The van der Waals surface area contributed by atoms with Crippen LogP contribution in [0.2, 0.25) is 0 Å². The molecule has 4 atom stereocenters. The Bertz CT molecular complexity index is 592. The monoisotopic (exact) mass is 331 g/mol. The smallest absolute Gasteiger partial charge is 0.128 e. The zero-order valence-electron chi connectivity index (χ0n) is 15.0. The van der Waals surface area contributed by atoms with E-state index in [0.717, 1.165) is 38.7 Å². The molecule has 0 bridgehead atoms. The van der Waals surface area contributed by atoms with Gasteiger partial charge in [-0.1, -0.05) is 13.8 Å². The fraction of sp³-hybridized carbons (Fsp3) is 0.737. The molecule has 1 aromatic heterocycles. The number of anilines is 1. The van der Waals surface area contributed by atoms with Gasteiger partial charge in [0.15, 0.2) is 0 Å². The molecule has 0 unspecified atom stereocenters. The van der Waals surface area contributed by atoms with Crippen molar-refractivity contribution in [3.63, 3.8) is 0 Å². The maximum absolute atomic E-state index is 5.89. The van der Waals surface area contributed by atoms with Gasteiger partial charge in [-0.2, -0.15) is 0 Å². The second-order valence-electron chi connectivity index (χ2n) is 8.07. The van der Waals surface area contributed by atoms with Gasteiger partial charge in [-0.3, -0.25) is 0 Å². The van der Waals surface area contributed by atoms with Crippen molar-refractivity contribution in [2.45, 2.75) is 52.0 Å². The largest absolute Gasteiger partial charge is 0.377 e. The van der Waals surface area contributed by atoms with Gasteiger partial charge in [-0.15, -0.1) is 0 Å². The van der Waals surface area contributed by atoms with Crippen LogP contribution < -0.4 is 10.2 Å². The van der Waals surface area contributed by atoms with Crippen LogP contribution in [0.5, 0.6) is 0 Å². The maximum atomic E-state index is 5.89. The molecule has 3 aliphatic rings. The Morgan fingerprint density at radius 1 is 1.33 bits per heavy atom. The summed E-state index contributed by atoms with van der Waals surface area (Å²) in [5, 5.41) is 3.79. The summed E-state index contributed by atoms with van der Waals surface area (Å²) in [6.07, 6.45) is 3.84. The molecule has 5 heteroatoms. The number of rotatable bonds is 4. The number of hydrogen-bond acceptors (Lipinski definition) is 5. The van der Waals surface area contributed by atoms with E-state index in [4.69, 9.17) is 9.47 Å². The van der Waals surface area contributed by atoms with Gasteiger partial charge < -0.3 is 19.7 Å². The molecule has 1 aromatic rings. The Hall–Kier alpha value is -1.17. The summed E-state index contributed by atoms with van der Waals surface area (Å²) in [4.78, 5) is 6.89. The Kier molecular flexibility index (Phi) is 4.27. The molecular weight excluding hydrogens is 302 g/mol. The lowest BCUT2D eigenvalue weighted by molar-refractivity contribution is -0.113. The zero-order chi connectivity index (χ0) is 16.7. The minimum atomic E-state index is 0.233. The molecule has 2 aliphatic heterocycles. The van der Waals surface area contributed by atoms with E-state index in [0.29, 0.717) is 18.1 Å². The number of nitrogens with zero attached hydrogens (tertiary/aromatic N) is 2. The van der Waals surface area contributed by atoms with E-state index in [1.54, 1.807) is 0 Å². The van der Waals surface area contributed by atoms with E-state index >= 15 is 0 Å². The van der Waals surface area contributed by atoms with Crippen LogP contribution in [0.1, 0.15) is 32.8 Å². The van der Waals surface area contributed by atoms with Crippen LogP contribution in [0.25, 0.3) is 0 Å². The van der Waals surface area contributed by atoms with Gasteiger partial charge in [-0.25, -0.2) is 4.98 Å². The maximum Gasteiger partial charge on any atom is 0.128 e. The molecule has 132 valence electrons. The van der Waals surface area contributed by atoms with Crippen LogP contribution >= 0.6 is 0 Å². The number of aromatic nitrogens is 1. The van der Waals surface area contributed by atoms with Crippen molar-refractivity contribution >= 4 is 5.82 Å². The minimum absolute atomic E-state index is 0.233. The van der Waals surface area contributed by atoms with E-state index in [9.17, 15) is 0 Å². The first-order chi connectivity index (χ1) is 11.6. The van der Waals surface area contributed by atoms with Gasteiger partial charge in [0.2, 0.25) is 0 Å². The number of fused-ring (bicyclic) bond motifs is 1. The van der Waals surface area contributed by atoms with Crippen LogP contribution in [0.3, 0.4) is 0 Å². The summed E-state index contributed by atoms with van der Waals surface area (Å²) in [5.41, 5.74) is 1.54. The van der Waals surface area contributed by atoms with Crippen LogP contribution in [0.4, 0.5) is 5.82 Å². The van der Waals surface area contributed by atoms with Crippen molar-refractivity contribution in [2.75, 3.05) is 31.2 Å². The topological polar surface area (TPSA) is 46.6 Å². The predicted octanol–water partition coefficient (Wildman–Crippen LogP) is 2.21. The quantitative estimate of drug-likeness (QED) is 0.916. The average Bonchev–Trinajstić information content (AvgIpc) is 3.02. The van der Waals surface area contributed by atoms with Gasteiger partial charge in [-0.05, 0) is 31.0 Å². The first kappa shape index (κ1) is 16.3. The zero-order valence-corrected chi connectivity index (χ0v) is 15.0. The van der Waals surface area contributed by atoms with Crippen molar-refractivity contribution in [2.24, 2.45) is 11.3 Å². The molecule has 0 amide bonds. The van der Waals surface area contributed by atoms with E-state index in [1.807, 2.05) is 6.20 Å². The number of morpholine rings is 1. The summed E-state index contributed by atoms with van der Waals surface area (Å²) in [7, 11) is 0. The minimum Gasteiger partial charge on any atom is -0.377 e. The van der Waals surface area contributed by atoms with Crippen LogP contribution in [0, 0.1) is 11.3 Å².